The van der Waals surface area contributed by atoms with Crippen LogP contribution < -0.4 is 14.8 Å². The number of rotatable bonds is 7. The molecule has 0 radical (unpaired) electrons. The number of hydrogen-bond acceptors (Lipinski definition) is 4. The molecule has 3 rings (SSSR count). The van der Waals surface area contributed by atoms with Crippen molar-refractivity contribution in [2.75, 3.05) is 10.0 Å². The Morgan fingerprint density at radius 1 is 0.839 bits per heavy atom. The third-order valence-electron chi connectivity index (χ3n) is 4.67. The van der Waals surface area contributed by atoms with E-state index in [0.29, 0.717) is 22.7 Å². The fraction of sp³-hybridized carbons (Fsp3) is 0.208. The summed E-state index contributed by atoms with van der Waals surface area (Å²) in [5.74, 6) is 0.400. The van der Waals surface area contributed by atoms with Crippen molar-refractivity contribution in [3.8, 4) is 5.75 Å². The Balaban J connectivity index is 1.67. The van der Waals surface area contributed by atoms with Gasteiger partial charge in [0.2, 0.25) is 0 Å². The van der Waals surface area contributed by atoms with Crippen molar-refractivity contribution in [1.82, 2.24) is 0 Å². The second-order valence-corrected chi connectivity index (χ2v) is 9.26. The lowest BCUT2D eigenvalue weighted by Gasteiger charge is -2.11. The van der Waals surface area contributed by atoms with Gasteiger partial charge in [0.15, 0.2) is 0 Å². The molecular weight excluding hydrogens is 412 g/mol. The molecule has 0 heterocycles. The molecule has 0 bridgehead atoms. The van der Waals surface area contributed by atoms with Crippen LogP contribution in [0.3, 0.4) is 0 Å². The summed E-state index contributed by atoms with van der Waals surface area (Å²) < 4.78 is 33.5. The fourth-order valence-corrected chi connectivity index (χ4v) is 3.95. The summed E-state index contributed by atoms with van der Waals surface area (Å²) >= 11 is 0. The Bertz CT molecular complexity index is 1170. The second kappa shape index (κ2) is 9.22. The predicted octanol–water partition coefficient (Wildman–Crippen LogP) is 5.14. The lowest BCUT2D eigenvalue weighted by molar-refractivity contribution is 0.102. The minimum absolute atomic E-state index is 0.0546. The smallest absolute Gasteiger partial charge is 0.261 e. The van der Waals surface area contributed by atoms with E-state index >= 15 is 0 Å². The highest BCUT2D eigenvalue weighted by Gasteiger charge is 2.15. The molecule has 0 spiro atoms. The van der Waals surface area contributed by atoms with Crippen molar-refractivity contribution in [3.63, 3.8) is 0 Å². The van der Waals surface area contributed by atoms with Gasteiger partial charge < -0.3 is 10.1 Å². The van der Waals surface area contributed by atoms with Crippen molar-refractivity contribution in [1.29, 1.82) is 0 Å². The quantitative estimate of drug-likeness (QED) is 0.535. The van der Waals surface area contributed by atoms with Gasteiger partial charge in [-0.25, -0.2) is 8.42 Å². The highest BCUT2D eigenvalue weighted by molar-refractivity contribution is 7.92. The number of anilines is 2. The molecule has 6 nitrogen and oxygen atoms in total. The van der Waals surface area contributed by atoms with E-state index in [1.165, 1.54) is 12.1 Å². The molecule has 7 heteroatoms. The normalized spacial score (nSPS) is 11.3. The summed E-state index contributed by atoms with van der Waals surface area (Å²) in [5, 5.41) is 2.77. The fourth-order valence-electron chi connectivity index (χ4n) is 2.90. The van der Waals surface area contributed by atoms with Crippen LogP contribution in [-0.2, 0) is 10.0 Å². The van der Waals surface area contributed by atoms with E-state index < -0.39 is 10.0 Å². The summed E-state index contributed by atoms with van der Waals surface area (Å²) in [7, 11) is -3.73. The Labute approximate surface area is 183 Å². The third-order valence-corrected chi connectivity index (χ3v) is 6.07. The summed E-state index contributed by atoms with van der Waals surface area (Å²) in [4.78, 5) is 12.6. The van der Waals surface area contributed by atoms with Gasteiger partial charge in [0.25, 0.3) is 15.9 Å². The van der Waals surface area contributed by atoms with Crippen LogP contribution in [0.1, 0.15) is 35.3 Å². The van der Waals surface area contributed by atoms with Crippen LogP contribution >= 0.6 is 0 Å². The molecule has 162 valence electrons. The van der Waals surface area contributed by atoms with Gasteiger partial charge in [-0.2, -0.15) is 0 Å². The van der Waals surface area contributed by atoms with Gasteiger partial charge in [0, 0.05) is 16.9 Å². The minimum atomic E-state index is -3.73. The number of benzene rings is 3. The predicted molar refractivity (Wildman–Crippen MR) is 123 cm³/mol. The molecule has 0 fully saturated rings. The SMILES string of the molecule is Cc1ccc(NS(=O)(=O)c2ccc(NC(=O)c3ccc(OC(C)C)cc3)cc2)cc1C. The Morgan fingerprint density at radius 2 is 1.45 bits per heavy atom. The first-order valence-electron chi connectivity index (χ1n) is 9.92. The van der Waals surface area contributed by atoms with Crippen LogP contribution in [-0.4, -0.2) is 20.4 Å². The molecule has 0 aliphatic heterocycles. The first-order chi connectivity index (χ1) is 14.6. The van der Waals surface area contributed by atoms with Crippen LogP contribution in [0.4, 0.5) is 11.4 Å². The molecular formula is C24H26N2O4S. The van der Waals surface area contributed by atoms with Gasteiger partial charge in [-0.05, 0) is 99.5 Å². The van der Waals surface area contributed by atoms with E-state index in [-0.39, 0.29) is 16.9 Å². The molecule has 0 aromatic heterocycles. The molecule has 0 aliphatic rings. The molecule has 0 aliphatic carbocycles. The van der Waals surface area contributed by atoms with Crippen LogP contribution in [0.5, 0.6) is 5.75 Å². The summed E-state index contributed by atoms with van der Waals surface area (Å²) in [5.41, 5.74) is 3.57. The van der Waals surface area contributed by atoms with E-state index in [1.807, 2.05) is 33.8 Å². The number of carbonyl (C=O) groups is 1. The number of sulfonamides is 1. The van der Waals surface area contributed by atoms with E-state index in [9.17, 15) is 13.2 Å². The molecule has 0 unspecified atom stereocenters. The summed E-state index contributed by atoms with van der Waals surface area (Å²) in [6, 6.07) is 18.3. The molecule has 3 aromatic carbocycles. The highest BCUT2D eigenvalue weighted by Crippen LogP contribution is 2.21. The van der Waals surface area contributed by atoms with Gasteiger partial charge in [-0.15, -0.1) is 0 Å². The number of carbonyl (C=O) groups excluding carboxylic acids is 1. The number of nitrogens with one attached hydrogen (secondary N) is 2. The third kappa shape index (κ3) is 5.86. The summed E-state index contributed by atoms with van der Waals surface area (Å²) in [6.45, 7) is 7.76. The average Bonchev–Trinajstić information content (AvgIpc) is 2.71. The largest absolute Gasteiger partial charge is 0.491 e. The average molecular weight is 439 g/mol. The van der Waals surface area contributed by atoms with E-state index in [1.54, 1.807) is 48.5 Å². The maximum Gasteiger partial charge on any atom is 0.261 e. The van der Waals surface area contributed by atoms with Crippen molar-refractivity contribution in [2.24, 2.45) is 0 Å². The zero-order chi connectivity index (χ0) is 22.6. The van der Waals surface area contributed by atoms with Crippen LogP contribution in [0.25, 0.3) is 0 Å². The van der Waals surface area contributed by atoms with E-state index in [4.69, 9.17) is 4.74 Å². The molecule has 0 atom stereocenters. The lowest BCUT2D eigenvalue weighted by Crippen LogP contribution is -2.14. The van der Waals surface area contributed by atoms with Gasteiger partial charge in [-0.1, -0.05) is 6.07 Å². The number of aryl methyl sites for hydroxylation is 2. The minimum Gasteiger partial charge on any atom is -0.491 e. The Kier molecular flexibility index (Phi) is 6.65. The first-order valence-corrected chi connectivity index (χ1v) is 11.4. The van der Waals surface area contributed by atoms with Crippen LogP contribution in [0.2, 0.25) is 0 Å². The molecule has 0 saturated heterocycles. The molecule has 2 N–H and O–H groups in total. The van der Waals surface area contributed by atoms with E-state index in [2.05, 4.69) is 10.0 Å². The number of ether oxygens (including phenoxy) is 1. The monoisotopic (exact) mass is 438 g/mol. The van der Waals surface area contributed by atoms with Gasteiger partial charge in [0.1, 0.15) is 5.75 Å². The zero-order valence-corrected chi connectivity index (χ0v) is 18.8. The Morgan fingerprint density at radius 3 is 2.03 bits per heavy atom. The lowest BCUT2D eigenvalue weighted by atomic mass is 10.1. The maximum absolute atomic E-state index is 12.7. The molecule has 1 amide bonds. The number of amides is 1. The Hall–Kier alpha value is -3.32. The van der Waals surface area contributed by atoms with Crippen molar-refractivity contribution in [3.05, 3.63) is 83.4 Å². The van der Waals surface area contributed by atoms with Crippen molar-refractivity contribution in [2.45, 2.75) is 38.7 Å². The molecule has 0 saturated carbocycles. The maximum atomic E-state index is 12.7. The van der Waals surface area contributed by atoms with Crippen molar-refractivity contribution >= 4 is 27.3 Å². The standard InChI is InChI=1S/C24H26N2O4S/c1-16(2)30-22-11-6-19(7-12-22)24(27)25-20-9-13-23(14-10-20)31(28,29)26-21-8-5-17(3)18(4)15-21/h5-16,26H,1-4H3,(H,25,27). The number of hydrogen-bond donors (Lipinski definition) is 2. The van der Waals surface area contributed by atoms with Crippen LogP contribution in [0.15, 0.2) is 71.6 Å². The molecule has 31 heavy (non-hydrogen) atoms. The van der Waals surface area contributed by atoms with Gasteiger partial charge in [-0.3, -0.25) is 9.52 Å². The second-order valence-electron chi connectivity index (χ2n) is 7.57. The van der Waals surface area contributed by atoms with Gasteiger partial charge in [0.05, 0.1) is 11.0 Å². The van der Waals surface area contributed by atoms with Crippen LogP contribution in [0, 0.1) is 13.8 Å². The first kappa shape index (κ1) is 22.4. The van der Waals surface area contributed by atoms with Crippen molar-refractivity contribution < 1.29 is 17.9 Å². The summed E-state index contributed by atoms with van der Waals surface area (Å²) in [6.07, 6.45) is 0.0546. The zero-order valence-electron chi connectivity index (χ0n) is 18.0. The highest BCUT2D eigenvalue weighted by atomic mass is 32.2. The van der Waals surface area contributed by atoms with E-state index in [0.717, 1.165) is 11.1 Å². The van der Waals surface area contributed by atoms with Gasteiger partial charge >= 0.3 is 0 Å². The molecule has 3 aromatic rings. The topological polar surface area (TPSA) is 84.5 Å².